The summed E-state index contributed by atoms with van der Waals surface area (Å²) in [6.07, 6.45) is 4.61. The summed E-state index contributed by atoms with van der Waals surface area (Å²) in [7, 11) is 0. The number of thiazole rings is 1. The molecule has 2 aliphatic heterocycles. The smallest absolute Gasteiger partial charge is 0.352 e. The van der Waals surface area contributed by atoms with Gasteiger partial charge in [-0.2, -0.15) is 0 Å². The summed E-state index contributed by atoms with van der Waals surface area (Å²) < 4.78 is 1.97. The summed E-state index contributed by atoms with van der Waals surface area (Å²) in [5, 5.41) is 19.8. The summed E-state index contributed by atoms with van der Waals surface area (Å²) in [5.74, 6) is -1.56. The molecule has 2 N–H and O–H groups in total. The third kappa shape index (κ3) is 2.19. The number of rotatable bonds is 5. The molecule has 1 fully saturated rings. The molecule has 2 atom stereocenters. The minimum atomic E-state index is -1.08. The van der Waals surface area contributed by atoms with Crippen LogP contribution in [0, 0.1) is 12.8 Å². The molecule has 0 aliphatic carbocycles. The van der Waals surface area contributed by atoms with Crippen molar-refractivity contribution in [2.75, 3.05) is 12.9 Å². The summed E-state index contributed by atoms with van der Waals surface area (Å²) >= 11 is 3.07. The highest BCUT2D eigenvalue weighted by atomic mass is 32.2. The lowest BCUT2D eigenvalue weighted by Crippen LogP contribution is -2.58. The number of hydrogen-bond acceptors (Lipinski definition) is 6. The maximum absolute atomic E-state index is 12.3. The van der Waals surface area contributed by atoms with Crippen molar-refractivity contribution >= 4 is 45.4 Å². The van der Waals surface area contributed by atoms with Crippen LogP contribution in [0.4, 0.5) is 0 Å². The van der Waals surface area contributed by atoms with Gasteiger partial charge in [0, 0.05) is 17.9 Å². The number of carboxylic acid groups (broad SMARTS) is 1. The number of carboxylic acids is 1. The number of nitrogens with zero attached hydrogens (tertiary/aromatic N) is 3. The molecule has 9 heteroatoms. The highest BCUT2D eigenvalue weighted by Gasteiger charge is 2.55. The molecular formula is C16H17N3O4S2. The zero-order valence-corrected chi connectivity index (χ0v) is 15.4. The van der Waals surface area contributed by atoms with Crippen LogP contribution in [0.3, 0.4) is 0 Å². The monoisotopic (exact) mass is 379 g/mol. The third-order valence-corrected chi connectivity index (χ3v) is 7.13. The van der Waals surface area contributed by atoms with Crippen LogP contribution in [-0.2, 0) is 9.59 Å². The van der Waals surface area contributed by atoms with Crippen molar-refractivity contribution in [1.29, 1.82) is 0 Å². The molecule has 0 radical (unpaired) electrons. The molecule has 0 bridgehead atoms. The number of aryl methyl sites for hydroxylation is 1. The van der Waals surface area contributed by atoms with Gasteiger partial charge in [0.1, 0.15) is 21.9 Å². The molecule has 2 aromatic heterocycles. The number of aliphatic hydroxyl groups is 1. The first-order valence-corrected chi connectivity index (χ1v) is 9.94. The summed E-state index contributed by atoms with van der Waals surface area (Å²) in [6.45, 7) is 1.88. The van der Waals surface area contributed by atoms with Crippen molar-refractivity contribution in [3.05, 3.63) is 22.6 Å². The lowest BCUT2D eigenvalue weighted by molar-refractivity contribution is -0.155. The first-order valence-electron chi connectivity index (χ1n) is 7.90. The fraction of sp³-hybridized carbons (Fsp3) is 0.438. The number of carbonyl (C=O) groups excluding carboxylic acids is 1. The van der Waals surface area contributed by atoms with E-state index in [0.717, 1.165) is 20.4 Å². The van der Waals surface area contributed by atoms with Crippen molar-refractivity contribution in [3.63, 3.8) is 0 Å². The Morgan fingerprint density at radius 2 is 2.28 bits per heavy atom. The Hall–Kier alpha value is -1.84. The normalized spacial score (nSPS) is 22.7. The van der Waals surface area contributed by atoms with Gasteiger partial charge in [-0.15, -0.1) is 23.1 Å². The Balaban J connectivity index is 1.82. The van der Waals surface area contributed by atoms with E-state index in [9.17, 15) is 14.7 Å². The number of carbonyl (C=O) groups is 2. The molecule has 2 aliphatic rings. The number of aliphatic carboxylic acids is 1. The molecule has 7 nitrogen and oxygen atoms in total. The first-order chi connectivity index (χ1) is 12.0. The van der Waals surface area contributed by atoms with Crippen LogP contribution in [0.5, 0.6) is 0 Å². The molecule has 4 heterocycles. The van der Waals surface area contributed by atoms with Gasteiger partial charge in [0.05, 0.1) is 16.8 Å². The number of amides is 1. The quantitative estimate of drug-likeness (QED) is 0.608. The van der Waals surface area contributed by atoms with E-state index in [-0.39, 0.29) is 30.2 Å². The molecule has 0 unspecified atom stereocenters. The van der Waals surface area contributed by atoms with Crippen LogP contribution in [0.15, 0.2) is 17.1 Å². The zero-order valence-electron chi connectivity index (χ0n) is 13.7. The maximum atomic E-state index is 12.3. The number of imidazole rings is 1. The van der Waals surface area contributed by atoms with Gasteiger partial charge < -0.3 is 15.1 Å². The predicted molar refractivity (Wildman–Crippen MR) is 94.6 cm³/mol. The molecular weight excluding hydrogens is 362 g/mol. The molecule has 132 valence electrons. The van der Waals surface area contributed by atoms with E-state index >= 15 is 0 Å². The molecule has 0 saturated carbocycles. The highest BCUT2D eigenvalue weighted by Crippen LogP contribution is 2.49. The molecule has 25 heavy (non-hydrogen) atoms. The van der Waals surface area contributed by atoms with Crippen molar-refractivity contribution in [3.8, 4) is 0 Å². The Morgan fingerprint density at radius 3 is 2.92 bits per heavy atom. The van der Waals surface area contributed by atoms with E-state index in [1.54, 1.807) is 18.1 Å². The van der Waals surface area contributed by atoms with Gasteiger partial charge in [-0.05, 0) is 26.0 Å². The van der Waals surface area contributed by atoms with Gasteiger partial charge in [-0.25, -0.2) is 9.78 Å². The van der Waals surface area contributed by atoms with Crippen LogP contribution in [0.2, 0.25) is 0 Å². The summed E-state index contributed by atoms with van der Waals surface area (Å²) in [6, 6.07) is -0.153. The van der Waals surface area contributed by atoms with E-state index in [0.29, 0.717) is 18.4 Å². The van der Waals surface area contributed by atoms with Crippen molar-refractivity contribution < 1.29 is 19.8 Å². The molecule has 0 spiro atoms. The van der Waals surface area contributed by atoms with Gasteiger partial charge in [-0.3, -0.25) is 9.20 Å². The molecule has 2 aromatic rings. The molecule has 1 amide bonds. The largest absolute Gasteiger partial charge is 0.477 e. The topological polar surface area (TPSA) is 95.1 Å². The maximum Gasteiger partial charge on any atom is 0.352 e. The lowest BCUT2D eigenvalue weighted by Gasteiger charge is -2.43. The number of fused-ring (bicyclic) bond motifs is 2. The van der Waals surface area contributed by atoms with Gasteiger partial charge in [0.25, 0.3) is 0 Å². The third-order valence-electron chi connectivity index (χ3n) is 4.98. The second-order valence-electron chi connectivity index (χ2n) is 6.18. The number of aliphatic hydroxyl groups excluding tert-OH is 1. The minimum Gasteiger partial charge on any atom is -0.477 e. The Bertz CT molecular complexity index is 929. The van der Waals surface area contributed by atoms with Gasteiger partial charge >= 0.3 is 5.97 Å². The van der Waals surface area contributed by atoms with Crippen molar-refractivity contribution in [2.24, 2.45) is 5.92 Å². The minimum absolute atomic E-state index is 0.0663. The first kappa shape index (κ1) is 16.6. The number of thioether (sulfide) groups is 1. The molecule has 0 aromatic carbocycles. The number of hydrogen-bond donors (Lipinski definition) is 2. The van der Waals surface area contributed by atoms with E-state index < -0.39 is 5.97 Å². The van der Waals surface area contributed by atoms with Gasteiger partial charge in [-0.1, -0.05) is 0 Å². The Kier molecular flexibility index (Phi) is 3.89. The van der Waals surface area contributed by atoms with Crippen molar-refractivity contribution in [2.45, 2.75) is 30.8 Å². The van der Waals surface area contributed by atoms with E-state index in [4.69, 9.17) is 5.11 Å². The number of β-lactam (4-membered cyclic amide) rings is 1. The van der Waals surface area contributed by atoms with Crippen LogP contribution >= 0.6 is 23.1 Å². The zero-order chi connectivity index (χ0) is 17.9. The van der Waals surface area contributed by atoms with Crippen molar-refractivity contribution in [1.82, 2.24) is 14.3 Å². The van der Waals surface area contributed by atoms with Crippen LogP contribution in [0.1, 0.15) is 23.4 Å². The average molecular weight is 379 g/mol. The lowest BCUT2D eigenvalue weighted by atomic mass is 9.84. The second kappa shape index (κ2) is 5.86. The average Bonchev–Trinajstić information content (AvgIpc) is 3.23. The van der Waals surface area contributed by atoms with Crippen LogP contribution < -0.4 is 0 Å². The van der Waals surface area contributed by atoms with Crippen LogP contribution in [-0.4, -0.2) is 55.3 Å². The van der Waals surface area contributed by atoms with Gasteiger partial charge in [0.15, 0.2) is 0 Å². The van der Waals surface area contributed by atoms with E-state index in [1.807, 2.05) is 17.6 Å². The fourth-order valence-corrected chi connectivity index (χ4v) is 5.77. The van der Waals surface area contributed by atoms with Gasteiger partial charge in [0.2, 0.25) is 5.91 Å². The summed E-state index contributed by atoms with van der Waals surface area (Å²) in [5.41, 5.74) is 1.75. The van der Waals surface area contributed by atoms with Crippen LogP contribution in [0.25, 0.3) is 10.4 Å². The second-order valence-corrected chi connectivity index (χ2v) is 7.97. The highest BCUT2D eigenvalue weighted by molar-refractivity contribution is 7.98. The van der Waals surface area contributed by atoms with E-state index in [2.05, 4.69) is 4.98 Å². The predicted octanol–water partition coefficient (Wildman–Crippen LogP) is 1.83. The SMILES string of the molecule is CSc1ncn2c(C)c(C3=C(C(=O)O)N4C(=O)[C@@H](CCO)[C@H]4C3)sc12. The summed E-state index contributed by atoms with van der Waals surface area (Å²) in [4.78, 5) is 31.8. The standard InChI is InChI=1S/C16H17N3O4S2/c1-7-12(25-15-13(24-2)17-6-18(7)15)9-5-10-8(3-4-20)14(21)19(10)11(9)16(22)23/h6,8,10,20H,3-5H2,1-2H3,(H,22,23)/t8-,10+/m0/s1. The molecule has 4 rings (SSSR count). The molecule has 1 saturated heterocycles. The Labute approximate surface area is 152 Å². The Morgan fingerprint density at radius 1 is 1.52 bits per heavy atom. The van der Waals surface area contributed by atoms with E-state index in [1.165, 1.54) is 16.2 Å². The number of aromatic nitrogens is 2. The fourth-order valence-electron chi connectivity index (χ4n) is 3.81.